The van der Waals surface area contributed by atoms with Gasteiger partial charge in [-0.25, -0.2) is 6.57 Å². The third kappa shape index (κ3) is 2.22. The maximum Gasteiger partial charge on any atom is 0.226 e. The van der Waals surface area contributed by atoms with E-state index in [0.29, 0.717) is 0 Å². The highest BCUT2D eigenvalue weighted by atomic mass is 14.8. The van der Waals surface area contributed by atoms with Crippen LogP contribution in [0.5, 0.6) is 0 Å². The molecule has 0 aromatic heterocycles. The first-order valence-corrected chi connectivity index (χ1v) is 2.51. The van der Waals surface area contributed by atoms with Gasteiger partial charge in [-0.3, -0.25) is 0 Å². The molecule has 0 aliphatic rings. The lowest BCUT2D eigenvalue weighted by Crippen LogP contribution is -2.10. The molecule has 0 saturated carbocycles. The number of hydrogen-bond donors (Lipinski definition) is 0. The van der Waals surface area contributed by atoms with Gasteiger partial charge in [0.25, 0.3) is 0 Å². The first-order chi connectivity index (χ1) is 3.12. The molecule has 0 radical (unpaired) electrons. The Labute approximate surface area is 45.2 Å². The molecule has 0 bridgehead atoms. The van der Waals surface area contributed by atoms with Crippen molar-refractivity contribution in [1.29, 1.82) is 0 Å². The van der Waals surface area contributed by atoms with E-state index in [1.54, 1.807) is 0 Å². The van der Waals surface area contributed by atoms with E-state index in [-0.39, 0.29) is 5.54 Å². The summed E-state index contributed by atoms with van der Waals surface area (Å²) in [5.74, 6) is 0. The summed E-state index contributed by atoms with van der Waals surface area (Å²) >= 11 is 0. The molecule has 1 nitrogen and oxygen atoms in total. The first-order valence-electron chi connectivity index (χ1n) is 2.51. The molecule has 0 amide bonds. The largest absolute Gasteiger partial charge is 0.311 e. The Bertz CT molecular complexity index is 86.8. The lowest BCUT2D eigenvalue weighted by atomic mass is 10.0. The molecule has 0 aromatic carbocycles. The number of rotatable bonds is 1. The molecule has 0 rings (SSSR count). The second-order valence-electron chi connectivity index (χ2n) is 2.28. The smallest absolute Gasteiger partial charge is 0.226 e. The van der Waals surface area contributed by atoms with Gasteiger partial charge >= 0.3 is 0 Å². The molecule has 0 aliphatic carbocycles. The molecule has 40 valence electrons. The molecule has 0 aromatic rings. The van der Waals surface area contributed by atoms with Crippen LogP contribution in [0.25, 0.3) is 4.85 Å². The minimum atomic E-state index is -0.125. The molecule has 0 spiro atoms. The maximum atomic E-state index is 6.63. The Morgan fingerprint density at radius 1 is 1.57 bits per heavy atom. The third-order valence-corrected chi connectivity index (χ3v) is 1.17. The average Bonchev–Trinajstić information content (AvgIpc) is 1.68. The van der Waals surface area contributed by atoms with Gasteiger partial charge in [-0.2, -0.15) is 0 Å². The van der Waals surface area contributed by atoms with Crippen molar-refractivity contribution in [3.05, 3.63) is 11.4 Å². The van der Waals surface area contributed by atoms with E-state index in [2.05, 4.69) is 4.85 Å². The van der Waals surface area contributed by atoms with E-state index >= 15 is 0 Å². The van der Waals surface area contributed by atoms with Crippen LogP contribution < -0.4 is 0 Å². The van der Waals surface area contributed by atoms with Crippen LogP contribution >= 0.6 is 0 Å². The van der Waals surface area contributed by atoms with Crippen LogP contribution in [-0.2, 0) is 0 Å². The van der Waals surface area contributed by atoms with Gasteiger partial charge in [0.1, 0.15) is 0 Å². The highest BCUT2D eigenvalue weighted by Crippen LogP contribution is 2.11. The number of nitrogens with zero attached hydrogens (tertiary/aromatic N) is 1. The highest BCUT2D eigenvalue weighted by molar-refractivity contribution is 4.87. The van der Waals surface area contributed by atoms with Gasteiger partial charge in [-0.15, -0.1) is 0 Å². The molecule has 0 N–H and O–H groups in total. The predicted octanol–water partition coefficient (Wildman–Crippen LogP) is 2.09. The van der Waals surface area contributed by atoms with Crippen LogP contribution in [0.15, 0.2) is 0 Å². The summed E-state index contributed by atoms with van der Waals surface area (Å²) in [5, 5.41) is 0. The fourth-order valence-corrected chi connectivity index (χ4v) is 0.0791. The molecule has 0 heterocycles. The summed E-state index contributed by atoms with van der Waals surface area (Å²) in [5.41, 5.74) is -0.125. The van der Waals surface area contributed by atoms with Crippen molar-refractivity contribution in [2.24, 2.45) is 0 Å². The minimum Gasteiger partial charge on any atom is -0.311 e. The van der Waals surface area contributed by atoms with Gasteiger partial charge in [-0.05, 0) is 0 Å². The fourth-order valence-electron chi connectivity index (χ4n) is 0.0791. The first kappa shape index (κ1) is 6.49. The molecule has 0 unspecified atom stereocenters. The zero-order chi connectivity index (χ0) is 5.91. The van der Waals surface area contributed by atoms with Crippen LogP contribution in [0, 0.1) is 6.57 Å². The second kappa shape index (κ2) is 1.97. The summed E-state index contributed by atoms with van der Waals surface area (Å²) in [4.78, 5) is 3.39. The van der Waals surface area contributed by atoms with Crippen LogP contribution in [-0.4, -0.2) is 5.54 Å². The van der Waals surface area contributed by atoms with E-state index in [1.165, 1.54) is 0 Å². The molecule has 0 saturated heterocycles. The standard InChI is InChI=1S/C6H11N/c1-5-6(2,3)7-4/h5H2,1-3H3. The highest BCUT2D eigenvalue weighted by Gasteiger charge is 2.17. The van der Waals surface area contributed by atoms with Crippen molar-refractivity contribution < 1.29 is 0 Å². The zero-order valence-corrected chi connectivity index (χ0v) is 5.15. The molecule has 7 heavy (non-hydrogen) atoms. The molecular weight excluding hydrogens is 86.1 g/mol. The quantitative estimate of drug-likeness (QED) is 0.441. The van der Waals surface area contributed by atoms with Crippen LogP contribution in [0.4, 0.5) is 0 Å². The van der Waals surface area contributed by atoms with E-state index in [1.807, 2.05) is 20.8 Å². The molecular formula is C6H11N. The zero-order valence-electron chi connectivity index (χ0n) is 5.15. The van der Waals surface area contributed by atoms with Crippen molar-refractivity contribution in [3.63, 3.8) is 0 Å². The lowest BCUT2D eigenvalue weighted by Gasteiger charge is -2.04. The van der Waals surface area contributed by atoms with Crippen molar-refractivity contribution >= 4 is 0 Å². The van der Waals surface area contributed by atoms with Crippen molar-refractivity contribution in [2.45, 2.75) is 32.7 Å². The van der Waals surface area contributed by atoms with Gasteiger partial charge < -0.3 is 4.85 Å². The van der Waals surface area contributed by atoms with Crippen molar-refractivity contribution in [1.82, 2.24) is 0 Å². The predicted molar refractivity (Wildman–Crippen MR) is 31.0 cm³/mol. The van der Waals surface area contributed by atoms with Crippen molar-refractivity contribution in [2.75, 3.05) is 0 Å². The van der Waals surface area contributed by atoms with Gasteiger partial charge in [0, 0.05) is 20.3 Å². The normalized spacial score (nSPS) is 10.6. The Kier molecular flexibility index (Phi) is 1.83. The Morgan fingerprint density at radius 2 is 2.00 bits per heavy atom. The van der Waals surface area contributed by atoms with Gasteiger partial charge in [0.05, 0.1) is 0 Å². The van der Waals surface area contributed by atoms with Gasteiger partial charge in [-0.1, -0.05) is 6.92 Å². The fraction of sp³-hybridized carbons (Fsp3) is 0.833. The number of hydrogen-bond acceptors (Lipinski definition) is 0. The summed E-state index contributed by atoms with van der Waals surface area (Å²) in [6, 6.07) is 0. The molecule has 0 aliphatic heterocycles. The topological polar surface area (TPSA) is 4.36 Å². The lowest BCUT2D eigenvalue weighted by molar-refractivity contribution is 0.590. The second-order valence-corrected chi connectivity index (χ2v) is 2.28. The summed E-state index contributed by atoms with van der Waals surface area (Å²) < 4.78 is 0. The van der Waals surface area contributed by atoms with E-state index < -0.39 is 0 Å². The van der Waals surface area contributed by atoms with Gasteiger partial charge in [0.15, 0.2) is 0 Å². The third-order valence-electron chi connectivity index (χ3n) is 1.17. The molecule has 0 atom stereocenters. The SMILES string of the molecule is [C-]#[N+]C(C)(C)CC. The molecule has 1 heteroatoms. The summed E-state index contributed by atoms with van der Waals surface area (Å²) in [7, 11) is 0. The Balaban J connectivity index is 3.66. The van der Waals surface area contributed by atoms with E-state index in [9.17, 15) is 0 Å². The monoisotopic (exact) mass is 97.1 g/mol. The van der Waals surface area contributed by atoms with Crippen LogP contribution in [0.1, 0.15) is 27.2 Å². The summed E-state index contributed by atoms with van der Waals surface area (Å²) in [6.45, 7) is 12.5. The summed E-state index contributed by atoms with van der Waals surface area (Å²) in [6.07, 6.45) is 0.941. The van der Waals surface area contributed by atoms with Crippen LogP contribution in [0.3, 0.4) is 0 Å². The maximum absolute atomic E-state index is 6.63. The van der Waals surface area contributed by atoms with Crippen LogP contribution in [0.2, 0.25) is 0 Å². The van der Waals surface area contributed by atoms with E-state index in [4.69, 9.17) is 6.57 Å². The Morgan fingerprint density at radius 3 is 2.00 bits per heavy atom. The van der Waals surface area contributed by atoms with E-state index in [0.717, 1.165) is 6.42 Å². The van der Waals surface area contributed by atoms with Gasteiger partial charge in [0.2, 0.25) is 5.54 Å². The van der Waals surface area contributed by atoms with Crippen molar-refractivity contribution in [3.8, 4) is 0 Å². The minimum absolute atomic E-state index is 0.125. The Hall–Kier alpha value is -0.510. The average molecular weight is 97.2 g/mol. The molecule has 0 fully saturated rings.